The molecule has 2 N–H and O–H groups in total. The Bertz CT molecular complexity index is 1110. The summed E-state index contributed by atoms with van der Waals surface area (Å²) in [5.41, 5.74) is -0.0246. The molecule has 3 aromatic heterocycles. The molecule has 3 aromatic rings. The first-order valence-corrected chi connectivity index (χ1v) is 10.5. The van der Waals surface area contributed by atoms with Gasteiger partial charge in [-0.15, -0.1) is 0 Å². The van der Waals surface area contributed by atoms with Gasteiger partial charge in [-0.1, -0.05) is 6.07 Å². The van der Waals surface area contributed by atoms with Gasteiger partial charge in [-0.25, -0.2) is 9.67 Å². The number of carbonyl (C=O) groups excluding carboxylic acids is 1. The molecule has 1 amide bonds. The van der Waals surface area contributed by atoms with Gasteiger partial charge in [-0.2, -0.15) is 10.1 Å². The Morgan fingerprint density at radius 3 is 2.65 bits per heavy atom. The van der Waals surface area contributed by atoms with Crippen LogP contribution in [0.1, 0.15) is 27.2 Å². The van der Waals surface area contributed by atoms with E-state index in [1.54, 1.807) is 10.9 Å². The molecule has 1 fully saturated rings. The lowest BCUT2D eigenvalue weighted by Gasteiger charge is -2.35. The monoisotopic (exact) mass is 424 g/mol. The Hall–Kier alpha value is -3.43. The highest BCUT2D eigenvalue weighted by molar-refractivity contribution is 5.77. The standard InChI is InChI=1S/C21H28N8O2/c1-21(2,3)29-18-15(14-24-29)19(31)26-20(25-18)23-9-7-17(30)28-12-10-27(11-13-28)16-6-4-5-8-22-16/h4-6,8,14H,7,9-13H2,1-3H3,(H2,23,25,26,31). The fourth-order valence-corrected chi connectivity index (χ4v) is 3.66. The molecular formula is C21H28N8O2. The van der Waals surface area contributed by atoms with Crippen molar-refractivity contribution in [2.75, 3.05) is 42.9 Å². The minimum absolute atomic E-state index is 0.0799. The van der Waals surface area contributed by atoms with E-state index >= 15 is 0 Å². The number of hydrogen-bond donors (Lipinski definition) is 2. The van der Waals surface area contributed by atoms with Gasteiger partial charge in [0.1, 0.15) is 11.2 Å². The van der Waals surface area contributed by atoms with Gasteiger partial charge in [0.15, 0.2) is 5.65 Å². The molecule has 0 unspecified atom stereocenters. The number of rotatable bonds is 5. The zero-order valence-electron chi connectivity index (χ0n) is 18.1. The summed E-state index contributed by atoms with van der Waals surface area (Å²) in [5.74, 6) is 1.36. The molecule has 4 heterocycles. The highest BCUT2D eigenvalue weighted by Gasteiger charge is 2.22. The van der Waals surface area contributed by atoms with Crippen molar-refractivity contribution in [2.24, 2.45) is 0 Å². The molecule has 0 saturated carbocycles. The van der Waals surface area contributed by atoms with E-state index in [4.69, 9.17) is 0 Å². The first kappa shape index (κ1) is 20.8. The predicted molar refractivity (Wildman–Crippen MR) is 119 cm³/mol. The minimum atomic E-state index is -0.298. The van der Waals surface area contributed by atoms with Crippen LogP contribution in [0.2, 0.25) is 0 Å². The van der Waals surface area contributed by atoms with Crippen molar-refractivity contribution in [3.63, 3.8) is 0 Å². The molecule has 10 nitrogen and oxygen atoms in total. The second kappa shape index (κ2) is 8.37. The van der Waals surface area contributed by atoms with Crippen LogP contribution >= 0.6 is 0 Å². The number of amides is 1. The van der Waals surface area contributed by atoms with E-state index in [1.165, 1.54) is 6.20 Å². The van der Waals surface area contributed by atoms with Crippen molar-refractivity contribution in [3.05, 3.63) is 40.9 Å². The van der Waals surface area contributed by atoms with Crippen molar-refractivity contribution in [3.8, 4) is 0 Å². The normalized spacial score (nSPS) is 14.8. The molecule has 1 aliphatic rings. The maximum absolute atomic E-state index is 12.6. The number of anilines is 2. The van der Waals surface area contributed by atoms with Crippen LogP contribution in [0.4, 0.5) is 11.8 Å². The lowest BCUT2D eigenvalue weighted by Crippen LogP contribution is -2.49. The number of aromatic amines is 1. The van der Waals surface area contributed by atoms with Crippen molar-refractivity contribution < 1.29 is 4.79 Å². The number of piperazine rings is 1. The summed E-state index contributed by atoms with van der Waals surface area (Å²) in [7, 11) is 0. The van der Waals surface area contributed by atoms with Crippen molar-refractivity contribution in [1.29, 1.82) is 0 Å². The minimum Gasteiger partial charge on any atom is -0.355 e. The van der Waals surface area contributed by atoms with Crippen molar-refractivity contribution in [1.82, 2.24) is 29.6 Å². The molecule has 1 saturated heterocycles. The summed E-state index contributed by atoms with van der Waals surface area (Å²) in [6.45, 7) is 9.25. The highest BCUT2D eigenvalue weighted by atomic mass is 16.2. The van der Waals surface area contributed by atoms with Crippen LogP contribution < -0.4 is 15.8 Å². The number of nitrogens with zero attached hydrogens (tertiary/aromatic N) is 6. The number of fused-ring (bicyclic) bond motifs is 1. The third-order valence-corrected chi connectivity index (χ3v) is 5.31. The second-order valence-electron chi connectivity index (χ2n) is 8.61. The Balaban J connectivity index is 1.33. The molecule has 0 spiro atoms. The average molecular weight is 425 g/mol. The summed E-state index contributed by atoms with van der Waals surface area (Å²) in [6.07, 6.45) is 3.64. The number of H-pyrrole nitrogens is 1. The number of hydrogen-bond acceptors (Lipinski definition) is 7. The van der Waals surface area contributed by atoms with Crippen LogP contribution in [-0.4, -0.2) is 68.3 Å². The van der Waals surface area contributed by atoms with E-state index in [-0.39, 0.29) is 17.0 Å². The first-order chi connectivity index (χ1) is 14.8. The molecule has 164 valence electrons. The van der Waals surface area contributed by atoms with E-state index in [2.05, 4.69) is 30.3 Å². The molecule has 0 atom stereocenters. The lowest BCUT2D eigenvalue weighted by molar-refractivity contribution is -0.131. The van der Waals surface area contributed by atoms with Gasteiger partial charge in [0.25, 0.3) is 5.56 Å². The van der Waals surface area contributed by atoms with Gasteiger partial charge in [-0.05, 0) is 32.9 Å². The number of aromatic nitrogens is 5. The smallest absolute Gasteiger partial charge is 0.263 e. The fraction of sp³-hybridized carbons (Fsp3) is 0.476. The Morgan fingerprint density at radius 2 is 1.97 bits per heavy atom. The summed E-state index contributed by atoms with van der Waals surface area (Å²) in [5, 5.41) is 7.82. The summed E-state index contributed by atoms with van der Waals surface area (Å²) in [4.78, 5) is 40.6. The molecule has 4 rings (SSSR count). The number of carbonyl (C=O) groups is 1. The van der Waals surface area contributed by atoms with E-state index in [9.17, 15) is 9.59 Å². The van der Waals surface area contributed by atoms with Crippen molar-refractivity contribution in [2.45, 2.75) is 32.7 Å². The molecular weight excluding hydrogens is 396 g/mol. The van der Waals surface area contributed by atoms with E-state index in [0.29, 0.717) is 43.0 Å². The first-order valence-electron chi connectivity index (χ1n) is 10.5. The molecule has 31 heavy (non-hydrogen) atoms. The number of nitrogens with one attached hydrogen (secondary N) is 2. The molecule has 1 aliphatic heterocycles. The zero-order valence-corrected chi connectivity index (χ0v) is 18.1. The van der Waals surface area contributed by atoms with Crippen LogP contribution in [-0.2, 0) is 10.3 Å². The second-order valence-corrected chi connectivity index (χ2v) is 8.61. The van der Waals surface area contributed by atoms with Gasteiger partial charge in [-0.3, -0.25) is 14.6 Å². The summed E-state index contributed by atoms with van der Waals surface area (Å²) >= 11 is 0. The summed E-state index contributed by atoms with van der Waals surface area (Å²) in [6, 6.07) is 5.85. The van der Waals surface area contributed by atoms with Crippen LogP contribution in [0.5, 0.6) is 0 Å². The van der Waals surface area contributed by atoms with Gasteiger partial charge < -0.3 is 15.1 Å². The Labute approximate surface area is 180 Å². The van der Waals surface area contributed by atoms with Crippen LogP contribution in [0.25, 0.3) is 11.0 Å². The van der Waals surface area contributed by atoms with Gasteiger partial charge in [0.05, 0.1) is 11.7 Å². The average Bonchev–Trinajstić information content (AvgIpc) is 3.20. The fourth-order valence-electron chi connectivity index (χ4n) is 3.66. The Morgan fingerprint density at radius 1 is 1.19 bits per heavy atom. The Kier molecular flexibility index (Phi) is 5.62. The SMILES string of the molecule is CC(C)(C)n1ncc2c(=O)[nH]c(NCCC(=O)N3CCN(c4ccccn4)CC3)nc21. The van der Waals surface area contributed by atoms with Crippen molar-refractivity contribution >= 4 is 28.7 Å². The lowest BCUT2D eigenvalue weighted by atomic mass is 10.1. The molecule has 10 heteroatoms. The molecule has 0 bridgehead atoms. The van der Waals surface area contributed by atoms with E-state index in [1.807, 2.05) is 43.9 Å². The van der Waals surface area contributed by atoms with Gasteiger partial charge in [0, 0.05) is 45.3 Å². The molecule has 0 aliphatic carbocycles. The largest absolute Gasteiger partial charge is 0.355 e. The maximum atomic E-state index is 12.6. The summed E-state index contributed by atoms with van der Waals surface area (Å²) < 4.78 is 1.73. The van der Waals surface area contributed by atoms with Crippen LogP contribution in [0, 0.1) is 0 Å². The highest BCUT2D eigenvalue weighted by Crippen LogP contribution is 2.19. The molecule has 0 aromatic carbocycles. The zero-order chi connectivity index (χ0) is 22.0. The van der Waals surface area contributed by atoms with Crippen LogP contribution in [0.3, 0.4) is 0 Å². The van der Waals surface area contributed by atoms with Crippen LogP contribution in [0.15, 0.2) is 35.4 Å². The predicted octanol–water partition coefficient (Wildman–Crippen LogP) is 1.42. The molecule has 0 radical (unpaired) electrons. The van der Waals surface area contributed by atoms with E-state index in [0.717, 1.165) is 18.9 Å². The van der Waals surface area contributed by atoms with Gasteiger partial charge >= 0.3 is 0 Å². The third kappa shape index (κ3) is 4.52. The topological polar surface area (TPSA) is 112 Å². The third-order valence-electron chi connectivity index (χ3n) is 5.31. The quantitative estimate of drug-likeness (QED) is 0.637. The van der Waals surface area contributed by atoms with E-state index < -0.39 is 0 Å². The van der Waals surface area contributed by atoms with Gasteiger partial charge in [0.2, 0.25) is 11.9 Å². The number of pyridine rings is 1. The maximum Gasteiger partial charge on any atom is 0.263 e.